The number of hydrogen-bond donors (Lipinski definition) is 0. The molecule has 0 N–H and O–H groups in total. The number of rotatable bonds is 0. The molecule has 4 aromatic rings. The topological polar surface area (TPSA) is 0 Å². The van der Waals surface area contributed by atoms with Gasteiger partial charge in [-0.1, -0.05) is 47.6 Å². The molecule has 30 heavy (non-hydrogen) atoms. The summed E-state index contributed by atoms with van der Waals surface area (Å²) in [6.07, 6.45) is 0. The molecule has 166 valence electrons. The predicted octanol–water partition coefficient (Wildman–Crippen LogP) is 10.4. The van der Waals surface area contributed by atoms with Gasteiger partial charge in [0.05, 0.1) is 0 Å². The molecule has 0 aliphatic carbocycles. The molecule has 2 aromatic heterocycles. The van der Waals surface area contributed by atoms with Crippen LogP contribution in [0.15, 0.2) is 36.4 Å². The molecule has 0 saturated carbocycles. The lowest BCUT2D eigenvalue weighted by molar-refractivity contribution is 0.621. The third-order valence-electron chi connectivity index (χ3n) is 3.87. The van der Waals surface area contributed by atoms with Gasteiger partial charge in [-0.05, 0) is 74.5 Å². The van der Waals surface area contributed by atoms with Crippen LogP contribution in [-0.2, 0) is 0 Å². The first-order chi connectivity index (χ1) is 14.3. The van der Waals surface area contributed by atoms with Gasteiger partial charge in [0.15, 0.2) is 0 Å². The van der Waals surface area contributed by atoms with Gasteiger partial charge < -0.3 is 0 Å². The minimum absolute atomic E-state index is 0.0724. The number of thiophene rings is 2. The Hall–Kier alpha value is -1.78. The standard InChI is InChI=1S/2C10H9FS.3C2H6/c1-6-3-8-4-7(2)12-10(8)5-9(6)11;1-6-3-4-9-8(10(6)11)5-7(2)12-9;3*1-2/h2*3-5H,1-2H3;3*1-2H3. The summed E-state index contributed by atoms with van der Waals surface area (Å²) in [6, 6.07) is 11.3. The zero-order chi connectivity index (χ0) is 23.4. The highest BCUT2D eigenvalue weighted by atomic mass is 32.1. The Balaban J connectivity index is 0.000000450. The lowest BCUT2D eigenvalue weighted by atomic mass is 10.2. The number of aryl methyl sites for hydroxylation is 4. The van der Waals surface area contributed by atoms with E-state index < -0.39 is 0 Å². The highest BCUT2D eigenvalue weighted by Crippen LogP contribution is 2.28. The molecule has 4 heteroatoms. The van der Waals surface area contributed by atoms with E-state index in [-0.39, 0.29) is 11.6 Å². The Labute approximate surface area is 189 Å². The third-order valence-corrected chi connectivity index (χ3v) is 5.90. The summed E-state index contributed by atoms with van der Waals surface area (Å²) < 4.78 is 28.6. The van der Waals surface area contributed by atoms with Crippen LogP contribution in [-0.4, -0.2) is 0 Å². The minimum Gasteiger partial charge on any atom is -0.207 e. The van der Waals surface area contributed by atoms with Crippen molar-refractivity contribution in [3.05, 3.63) is 68.9 Å². The lowest BCUT2D eigenvalue weighted by Crippen LogP contribution is -1.80. The molecule has 0 fully saturated rings. The Bertz CT molecular complexity index is 987. The Kier molecular flexibility index (Phi) is 13.4. The van der Waals surface area contributed by atoms with Crippen LogP contribution >= 0.6 is 22.7 Å². The van der Waals surface area contributed by atoms with Gasteiger partial charge in [0.25, 0.3) is 0 Å². The molecule has 0 aliphatic rings. The summed E-state index contributed by atoms with van der Waals surface area (Å²) in [5.41, 5.74) is 1.45. The van der Waals surface area contributed by atoms with Crippen LogP contribution in [0, 0.1) is 39.3 Å². The van der Waals surface area contributed by atoms with Crippen molar-refractivity contribution in [2.75, 3.05) is 0 Å². The van der Waals surface area contributed by atoms with Gasteiger partial charge in [0.1, 0.15) is 11.6 Å². The summed E-state index contributed by atoms with van der Waals surface area (Å²) in [6.45, 7) is 19.6. The second-order valence-electron chi connectivity index (χ2n) is 5.96. The number of fused-ring (bicyclic) bond motifs is 2. The molecule has 0 bridgehead atoms. The minimum atomic E-state index is -0.107. The molecular formula is C26H36F2S2. The third kappa shape index (κ3) is 7.48. The number of hydrogen-bond acceptors (Lipinski definition) is 2. The average Bonchev–Trinajstić information content (AvgIpc) is 3.31. The van der Waals surface area contributed by atoms with Crippen LogP contribution in [0.3, 0.4) is 0 Å². The van der Waals surface area contributed by atoms with Gasteiger partial charge in [-0.2, -0.15) is 0 Å². The van der Waals surface area contributed by atoms with Crippen molar-refractivity contribution in [1.29, 1.82) is 0 Å². The maximum Gasteiger partial charge on any atom is 0.134 e. The molecule has 0 radical (unpaired) electrons. The number of halogens is 2. The van der Waals surface area contributed by atoms with E-state index in [1.807, 2.05) is 79.7 Å². The van der Waals surface area contributed by atoms with Crippen LogP contribution in [0.2, 0.25) is 0 Å². The molecule has 0 amide bonds. The molecule has 0 spiro atoms. The van der Waals surface area contributed by atoms with E-state index in [9.17, 15) is 8.78 Å². The van der Waals surface area contributed by atoms with Gasteiger partial charge in [-0.3, -0.25) is 0 Å². The molecule has 0 atom stereocenters. The highest BCUT2D eigenvalue weighted by Gasteiger charge is 2.05. The van der Waals surface area contributed by atoms with Crippen LogP contribution in [0.5, 0.6) is 0 Å². The summed E-state index contributed by atoms with van der Waals surface area (Å²) in [7, 11) is 0. The largest absolute Gasteiger partial charge is 0.207 e. The number of benzene rings is 2. The van der Waals surface area contributed by atoms with Crippen LogP contribution in [0.4, 0.5) is 8.78 Å². The normalized spacial score (nSPS) is 9.33. The SMILES string of the molecule is CC.CC.CC.Cc1cc2c(F)c(C)ccc2s1.Cc1cc2cc(C)c(F)cc2s1. The van der Waals surface area contributed by atoms with Gasteiger partial charge in [-0.15, -0.1) is 22.7 Å². The van der Waals surface area contributed by atoms with Crippen molar-refractivity contribution in [3.63, 3.8) is 0 Å². The van der Waals surface area contributed by atoms with E-state index in [0.717, 1.165) is 36.2 Å². The summed E-state index contributed by atoms with van der Waals surface area (Å²) in [4.78, 5) is 2.39. The smallest absolute Gasteiger partial charge is 0.134 e. The first-order valence-corrected chi connectivity index (χ1v) is 12.3. The monoisotopic (exact) mass is 450 g/mol. The Morgan fingerprint density at radius 2 is 1.13 bits per heavy atom. The zero-order valence-corrected chi connectivity index (χ0v) is 21.7. The molecule has 2 aromatic carbocycles. The van der Waals surface area contributed by atoms with Crippen LogP contribution in [0.1, 0.15) is 62.4 Å². The summed E-state index contributed by atoms with van der Waals surface area (Å²) in [5, 5.41) is 1.91. The maximum atomic E-state index is 13.4. The van der Waals surface area contributed by atoms with Crippen LogP contribution in [0.25, 0.3) is 20.2 Å². The fraction of sp³-hybridized carbons (Fsp3) is 0.385. The van der Waals surface area contributed by atoms with E-state index >= 15 is 0 Å². The fourth-order valence-electron chi connectivity index (χ4n) is 2.62. The molecule has 0 saturated heterocycles. The van der Waals surface area contributed by atoms with Gasteiger partial charge in [0.2, 0.25) is 0 Å². The second kappa shape index (κ2) is 14.3. The predicted molar refractivity (Wildman–Crippen MR) is 137 cm³/mol. The lowest BCUT2D eigenvalue weighted by Gasteiger charge is -1.95. The molecule has 2 heterocycles. The van der Waals surface area contributed by atoms with Crippen LogP contribution < -0.4 is 0 Å². The van der Waals surface area contributed by atoms with Crippen molar-refractivity contribution in [2.24, 2.45) is 0 Å². The first kappa shape index (κ1) is 28.2. The highest BCUT2D eigenvalue weighted by molar-refractivity contribution is 7.19. The van der Waals surface area contributed by atoms with Gasteiger partial charge in [0, 0.05) is 24.5 Å². The fourth-order valence-corrected chi connectivity index (χ4v) is 4.47. The van der Waals surface area contributed by atoms with E-state index in [4.69, 9.17) is 0 Å². The molecule has 4 rings (SSSR count). The quantitative estimate of drug-likeness (QED) is 0.250. The van der Waals surface area contributed by atoms with Crippen molar-refractivity contribution in [2.45, 2.75) is 69.2 Å². The maximum absolute atomic E-state index is 13.4. The van der Waals surface area contributed by atoms with Gasteiger partial charge >= 0.3 is 0 Å². The van der Waals surface area contributed by atoms with Crippen molar-refractivity contribution >= 4 is 42.8 Å². The summed E-state index contributed by atoms with van der Waals surface area (Å²) in [5.74, 6) is -0.179. The van der Waals surface area contributed by atoms with E-state index in [1.54, 1.807) is 42.6 Å². The van der Waals surface area contributed by atoms with E-state index in [2.05, 4.69) is 6.07 Å². The first-order valence-electron chi connectivity index (χ1n) is 10.7. The van der Waals surface area contributed by atoms with Crippen molar-refractivity contribution < 1.29 is 8.78 Å². The Morgan fingerprint density at radius 1 is 0.600 bits per heavy atom. The second-order valence-corrected chi connectivity index (χ2v) is 8.54. The molecule has 0 aliphatic heterocycles. The molecule has 0 nitrogen and oxygen atoms in total. The van der Waals surface area contributed by atoms with Crippen molar-refractivity contribution in [3.8, 4) is 0 Å². The van der Waals surface area contributed by atoms with E-state index in [1.165, 1.54) is 4.88 Å². The van der Waals surface area contributed by atoms with E-state index in [0.29, 0.717) is 0 Å². The van der Waals surface area contributed by atoms with Gasteiger partial charge in [-0.25, -0.2) is 8.78 Å². The Morgan fingerprint density at radius 3 is 1.73 bits per heavy atom. The zero-order valence-electron chi connectivity index (χ0n) is 20.0. The molecule has 0 unspecified atom stereocenters. The summed E-state index contributed by atoms with van der Waals surface area (Å²) >= 11 is 3.27. The van der Waals surface area contributed by atoms with Crippen molar-refractivity contribution in [1.82, 2.24) is 0 Å². The average molecular weight is 451 g/mol. The molecular weight excluding hydrogens is 414 g/mol.